The molecule has 5 heteroatoms. The fraction of sp³-hybridized carbons (Fsp3) is 0.375. The Bertz CT molecular complexity index is 635. The molecule has 0 aliphatic heterocycles. The maximum absolute atomic E-state index is 12.1. The minimum Gasteiger partial charge on any atom is -0.462 e. The van der Waals surface area contributed by atoms with Crippen LogP contribution in [0.5, 0.6) is 0 Å². The molecule has 0 spiro atoms. The molecule has 2 rings (SSSR count). The highest BCUT2D eigenvalue weighted by Gasteiger charge is 2.21. The van der Waals surface area contributed by atoms with Crippen LogP contribution >= 0.6 is 11.3 Å². The molecule has 0 aliphatic carbocycles. The molecular formula is C16H20N2O2S. The van der Waals surface area contributed by atoms with Crippen LogP contribution in [0.15, 0.2) is 24.3 Å². The summed E-state index contributed by atoms with van der Waals surface area (Å²) in [5.74, 6) is 0.118. The van der Waals surface area contributed by atoms with Crippen LogP contribution in [0, 0.1) is 5.92 Å². The third-order valence-electron chi connectivity index (χ3n) is 2.95. The molecule has 21 heavy (non-hydrogen) atoms. The van der Waals surface area contributed by atoms with E-state index in [4.69, 9.17) is 10.5 Å². The van der Waals surface area contributed by atoms with Crippen LogP contribution in [0.4, 0.5) is 5.69 Å². The fourth-order valence-corrected chi connectivity index (χ4v) is 3.07. The first-order chi connectivity index (χ1) is 10.0. The zero-order chi connectivity index (χ0) is 15.4. The number of nitrogens with two attached hydrogens (primary N) is 1. The van der Waals surface area contributed by atoms with Crippen molar-refractivity contribution in [3.63, 3.8) is 0 Å². The zero-order valence-corrected chi connectivity index (χ0v) is 13.4. The topological polar surface area (TPSA) is 65.2 Å². The zero-order valence-electron chi connectivity index (χ0n) is 12.6. The molecule has 1 aromatic carbocycles. The number of rotatable bonds is 5. The van der Waals surface area contributed by atoms with Crippen molar-refractivity contribution in [2.24, 2.45) is 5.92 Å². The van der Waals surface area contributed by atoms with E-state index in [1.807, 2.05) is 24.3 Å². The van der Waals surface area contributed by atoms with Gasteiger partial charge in [0.15, 0.2) is 0 Å². The van der Waals surface area contributed by atoms with Crippen LogP contribution < -0.4 is 5.73 Å². The number of nitrogen functional groups attached to an aromatic ring is 1. The number of benzene rings is 1. The molecule has 0 atom stereocenters. The Kier molecular flexibility index (Phi) is 4.96. The van der Waals surface area contributed by atoms with Gasteiger partial charge in [0.2, 0.25) is 0 Å². The number of esters is 1. The summed E-state index contributed by atoms with van der Waals surface area (Å²) in [6.07, 6.45) is 0.747. The van der Waals surface area contributed by atoms with Gasteiger partial charge in [-0.3, -0.25) is 0 Å². The van der Waals surface area contributed by atoms with Gasteiger partial charge >= 0.3 is 5.97 Å². The SMILES string of the molecule is CCOC(=O)c1sc(-c2ccccc2N)nc1CC(C)C. The molecule has 4 nitrogen and oxygen atoms in total. The number of para-hydroxylation sites is 1. The van der Waals surface area contributed by atoms with E-state index in [2.05, 4.69) is 18.8 Å². The minimum atomic E-state index is -0.300. The van der Waals surface area contributed by atoms with Gasteiger partial charge in [-0.05, 0) is 31.4 Å². The number of thiazole rings is 1. The summed E-state index contributed by atoms with van der Waals surface area (Å²) in [5, 5.41) is 0.770. The molecule has 0 fully saturated rings. The van der Waals surface area contributed by atoms with Gasteiger partial charge in [-0.15, -0.1) is 11.3 Å². The average Bonchev–Trinajstić information content (AvgIpc) is 2.82. The molecule has 0 unspecified atom stereocenters. The van der Waals surface area contributed by atoms with Crippen molar-refractivity contribution in [2.75, 3.05) is 12.3 Å². The maximum atomic E-state index is 12.1. The number of carbonyl (C=O) groups excluding carboxylic acids is 1. The molecule has 0 saturated carbocycles. The first-order valence-electron chi connectivity index (χ1n) is 7.04. The number of aromatic nitrogens is 1. The Hall–Kier alpha value is -1.88. The summed E-state index contributed by atoms with van der Waals surface area (Å²) < 4.78 is 5.13. The molecule has 0 radical (unpaired) electrons. The average molecular weight is 304 g/mol. The number of anilines is 1. The second-order valence-electron chi connectivity index (χ2n) is 5.20. The minimum absolute atomic E-state index is 0.300. The number of ether oxygens (including phenoxy) is 1. The third-order valence-corrected chi connectivity index (χ3v) is 4.06. The van der Waals surface area contributed by atoms with Gasteiger partial charge in [0, 0.05) is 11.3 Å². The van der Waals surface area contributed by atoms with Gasteiger partial charge in [0.25, 0.3) is 0 Å². The van der Waals surface area contributed by atoms with Crippen LogP contribution in [0.3, 0.4) is 0 Å². The van der Waals surface area contributed by atoms with Gasteiger partial charge in [-0.25, -0.2) is 9.78 Å². The predicted molar refractivity (Wildman–Crippen MR) is 86.5 cm³/mol. The number of carbonyl (C=O) groups is 1. The Morgan fingerprint density at radius 2 is 2.10 bits per heavy atom. The lowest BCUT2D eigenvalue weighted by atomic mass is 10.1. The smallest absolute Gasteiger partial charge is 0.350 e. The Balaban J connectivity index is 2.45. The molecule has 0 amide bonds. The van der Waals surface area contributed by atoms with Crippen LogP contribution in [0.2, 0.25) is 0 Å². The highest BCUT2D eigenvalue weighted by Crippen LogP contribution is 2.33. The molecule has 1 aromatic heterocycles. The van der Waals surface area contributed by atoms with E-state index < -0.39 is 0 Å². The first kappa shape index (κ1) is 15.5. The van der Waals surface area contributed by atoms with Gasteiger partial charge in [-0.1, -0.05) is 26.0 Å². The van der Waals surface area contributed by atoms with Crippen molar-refractivity contribution in [1.82, 2.24) is 4.98 Å². The lowest BCUT2D eigenvalue weighted by Gasteiger charge is -2.04. The second kappa shape index (κ2) is 6.72. The Morgan fingerprint density at radius 1 is 1.38 bits per heavy atom. The van der Waals surface area contributed by atoms with Crippen molar-refractivity contribution in [1.29, 1.82) is 0 Å². The summed E-state index contributed by atoms with van der Waals surface area (Å²) in [6, 6.07) is 7.55. The van der Waals surface area contributed by atoms with E-state index in [9.17, 15) is 4.79 Å². The van der Waals surface area contributed by atoms with Gasteiger partial charge in [0.1, 0.15) is 9.88 Å². The van der Waals surface area contributed by atoms with Crippen LogP contribution in [-0.4, -0.2) is 17.6 Å². The van der Waals surface area contributed by atoms with Gasteiger partial charge < -0.3 is 10.5 Å². The molecule has 2 aromatic rings. The molecule has 112 valence electrons. The number of hydrogen-bond donors (Lipinski definition) is 1. The Labute approximate surface area is 129 Å². The number of nitrogens with zero attached hydrogens (tertiary/aromatic N) is 1. The van der Waals surface area contributed by atoms with Crippen molar-refractivity contribution < 1.29 is 9.53 Å². The van der Waals surface area contributed by atoms with Crippen LogP contribution in [0.25, 0.3) is 10.6 Å². The third kappa shape index (κ3) is 3.61. The molecular weight excluding hydrogens is 284 g/mol. The van der Waals surface area contributed by atoms with E-state index in [0.717, 1.165) is 22.7 Å². The highest BCUT2D eigenvalue weighted by molar-refractivity contribution is 7.17. The lowest BCUT2D eigenvalue weighted by molar-refractivity contribution is 0.0530. The van der Waals surface area contributed by atoms with Crippen molar-refractivity contribution in [3.8, 4) is 10.6 Å². The summed E-state index contributed by atoms with van der Waals surface area (Å²) in [7, 11) is 0. The van der Waals surface area contributed by atoms with E-state index in [0.29, 0.717) is 23.1 Å². The van der Waals surface area contributed by atoms with E-state index in [-0.39, 0.29) is 5.97 Å². The normalized spacial score (nSPS) is 10.9. The molecule has 0 aliphatic rings. The standard InChI is InChI=1S/C16H20N2O2S/c1-4-20-16(19)14-13(9-10(2)3)18-15(21-14)11-7-5-6-8-12(11)17/h5-8,10H,4,9,17H2,1-3H3. The lowest BCUT2D eigenvalue weighted by Crippen LogP contribution is -2.07. The quantitative estimate of drug-likeness (QED) is 0.674. The van der Waals surface area contributed by atoms with E-state index in [1.54, 1.807) is 6.92 Å². The number of hydrogen-bond acceptors (Lipinski definition) is 5. The fourth-order valence-electron chi connectivity index (χ4n) is 2.04. The largest absolute Gasteiger partial charge is 0.462 e. The maximum Gasteiger partial charge on any atom is 0.350 e. The van der Waals surface area contributed by atoms with Crippen LogP contribution in [0.1, 0.15) is 36.1 Å². The van der Waals surface area contributed by atoms with E-state index in [1.165, 1.54) is 11.3 Å². The van der Waals surface area contributed by atoms with Gasteiger partial charge in [0.05, 0.1) is 12.3 Å². The summed E-state index contributed by atoms with van der Waals surface area (Å²) in [6.45, 7) is 6.37. The van der Waals surface area contributed by atoms with Crippen molar-refractivity contribution >= 4 is 23.0 Å². The molecule has 0 saturated heterocycles. The van der Waals surface area contributed by atoms with Gasteiger partial charge in [-0.2, -0.15) is 0 Å². The molecule has 2 N–H and O–H groups in total. The summed E-state index contributed by atoms with van der Waals surface area (Å²) in [5.41, 5.74) is 8.32. The Morgan fingerprint density at radius 3 is 2.71 bits per heavy atom. The second-order valence-corrected chi connectivity index (χ2v) is 6.20. The van der Waals surface area contributed by atoms with Crippen LogP contribution in [-0.2, 0) is 11.2 Å². The molecule has 0 bridgehead atoms. The van der Waals surface area contributed by atoms with Crippen molar-refractivity contribution in [3.05, 3.63) is 34.8 Å². The predicted octanol–water partition coefficient (Wildman–Crippen LogP) is 3.77. The molecule has 1 heterocycles. The monoisotopic (exact) mass is 304 g/mol. The van der Waals surface area contributed by atoms with Crippen molar-refractivity contribution in [2.45, 2.75) is 27.2 Å². The van der Waals surface area contributed by atoms with E-state index >= 15 is 0 Å². The summed E-state index contributed by atoms with van der Waals surface area (Å²) >= 11 is 1.35. The highest BCUT2D eigenvalue weighted by atomic mass is 32.1. The first-order valence-corrected chi connectivity index (χ1v) is 7.86. The summed E-state index contributed by atoms with van der Waals surface area (Å²) in [4.78, 5) is 17.3.